The Bertz CT molecular complexity index is 297. The third kappa shape index (κ3) is 4.51. The standard InChI is InChI=1S/C11H19IN2O/c1-4-5-14-6-10(12)11(13-14)8-15-7-9(2)3/h6,9H,4-5,7-8H2,1-3H3. The van der Waals surface area contributed by atoms with Crippen molar-refractivity contribution in [1.82, 2.24) is 9.78 Å². The maximum absolute atomic E-state index is 5.57. The van der Waals surface area contributed by atoms with Crippen LogP contribution in [-0.4, -0.2) is 16.4 Å². The van der Waals surface area contributed by atoms with Crippen molar-refractivity contribution in [1.29, 1.82) is 0 Å². The predicted octanol–water partition coefficient (Wildman–Crippen LogP) is 3.07. The van der Waals surface area contributed by atoms with Gasteiger partial charge in [0.15, 0.2) is 0 Å². The largest absolute Gasteiger partial charge is 0.375 e. The summed E-state index contributed by atoms with van der Waals surface area (Å²) in [6.07, 6.45) is 3.20. The van der Waals surface area contributed by atoms with Gasteiger partial charge in [-0.15, -0.1) is 0 Å². The summed E-state index contributed by atoms with van der Waals surface area (Å²) in [5.41, 5.74) is 1.06. The fourth-order valence-corrected chi connectivity index (χ4v) is 1.85. The summed E-state index contributed by atoms with van der Waals surface area (Å²) in [7, 11) is 0. The number of hydrogen-bond acceptors (Lipinski definition) is 2. The average Bonchev–Trinajstić information content (AvgIpc) is 2.47. The Morgan fingerprint density at radius 3 is 2.87 bits per heavy atom. The van der Waals surface area contributed by atoms with Gasteiger partial charge in [-0.3, -0.25) is 4.68 Å². The molecule has 0 saturated carbocycles. The first kappa shape index (κ1) is 13.0. The monoisotopic (exact) mass is 322 g/mol. The lowest BCUT2D eigenvalue weighted by Crippen LogP contribution is -2.04. The van der Waals surface area contributed by atoms with Gasteiger partial charge in [-0.2, -0.15) is 5.10 Å². The molecule has 1 aromatic heterocycles. The van der Waals surface area contributed by atoms with Crippen LogP contribution in [0, 0.1) is 9.49 Å². The number of halogens is 1. The smallest absolute Gasteiger partial charge is 0.101 e. The summed E-state index contributed by atoms with van der Waals surface area (Å²) in [6.45, 7) is 8.88. The molecule has 15 heavy (non-hydrogen) atoms. The molecule has 0 aliphatic heterocycles. The summed E-state index contributed by atoms with van der Waals surface area (Å²) in [6, 6.07) is 0. The van der Waals surface area contributed by atoms with E-state index in [1.165, 1.54) is 3.57 Å². The van der Waals surface area contributed by atoms with Crippen molar-refractivity contribution >= 4 is 22.6 Å². The second-order valence-electron chi connectivity index (χ2n) is 4.10. The highest BCUT2D eigenvalue weighted by Crippen LogP contribution is 2.12. The molecule has 0 atom stereocenters. The van der Waals surface area contributed by atoms with Crippen molar-refractivity contribution in [2.45, 2.75) is 40.3 Å². The van der Waals surface area contributed by atoms with Crippen LogP contribution < -0.4 is 0 Å². The Morgan fingerprint density at radius 1 is 1.53 bits per heavy atom. The second-order valence-corrected chi connectivity index (χ2v) is 5.26. The van der Waals surface area contributed by atoms with Crippen LogP contribution in [0.4, 0.5) is 0 Å². The molecule has 0 aromatic carbocycles. The zero-order valence-electron chi connectivity index (χ0n) is 9.66. The Labute approximate surface area is 105 Å². The van der Waals surface area contributed by atoms with Crippen molar-refractivity contribution in [3.05, 3.63) is 15.5 Å². The Kier molecular flexibility index (Phi) is 5.60. The van der Waals surface area contributed by atoms with Gasteiger partial charge in [0.1, 0.15) is 5.69 Å². The lowest BCUT2D eigenvalue weighted by Gasteiger charge is -2.04. The first-order chi connectivity index (χ1) is 7.13. The summed E-state index contributed by atoms with van der Waals surface area (Å²) < 4.78 is 8.77. The molecule has 0 spiro atoms. The molecule has 0 N–H and O–H groups in total. The fourth-order valence-electron chi connectivity index (χ4n) is 1.27. The van der Waals surface area contributed by atoms with Gasteiger partial charge in [-0.05, 0) is 34.9 Å². The van der Waals surface area contributed by atoms with Gasteiger partial charge in [0.2, 0.25) is 0 Å². The number of nitrogens with zero attached hydrogens (tertiary/aromatic N) is 2. The van der Waals surface area contributed by atoms with E-state index in [2.05, 4.69) is 54.7 Å². The molecule has 0 bridgehead atoms. The molecular weight excluding hydrogens is 303 g/mol. The molecule has 1 rings (SSSR count). The summed E-state index contributed by atoms with van der Waals surface area (Å²) in [4.78, 5) is 0. The molecule has 0 fully saturated rings. The lowest BCUT2D eigenvalue weighted by molar-refractivity contribution is 0.0940. The van der Waals surface area contributed by atoms with E-state index in [9.17, 15) is 0 Å². The minimum absolute atomic E-state index is 0.584. The first-order valence-corrected chi connectivity index (χ1v) is 6.51. The van der Waals surface area contributed by atoms with Crippen LogP contribution in [0.3, 0.4) is 0 Å². The molecule has 0 amide bonds. The summed E-state index contributed by atoms with van der Waals surface area (Å²) >= 11 is 2.31. The van der Waals surface area contributed by atoms with Gasteiger partial charge in [0.05, 0.1) is 10.2 Å². The number of rotatable bonds is 6. The normalized spacial score (nSPS) is 11.3. The SMILES string of the molecule is CCCn1cc(I)c(COCC(C)C)n1. The van der Waals surface area contributed by atoms with Crippen LogP contribution in [0.2, 0.25) is 0 Å². The highest BCUT2D eigenvalue weighted by molar-refractivity contribution is 14.1. The van der Waals surface area contributed by atoms with Crippen LogP contribution in [0.25, 0.3) is 0 Å². The Balaban J connectivity index is 2.46. The van der Waals surface area contributed by atoms with E-state index in [1.807, 2.05) is 4.68 Å². The molecule has 86 valence electrons. The molecule has 4 heteroatoms. The van der Waals surface area contributed by atoms with Crippen LogP contribution >= 0.6 is 22.6 Å². The highest BCUT2D eigenvalue weighted by Gasteiger charge is 2.06. The van der Waals surface area contributed by atoms with Crippen LogP contribution in [-0.2, 0) is 17.9 Å². The average molecular weight is 322 g/mol. The van der Waals surface area contributed by atoms with Crippen molar-refractivity contribution in [2.75, 3.05) is 6.61 Å². The van der Waals surface area contributed by atoms with Gasteiger partial charge in [-0.25, -0.2) is 0 Å². The molecule has 1 heterocycles. The van der Waals surface area contributed by atoms with Crippen LogP contribution in [0.5, 0.6) is 0 Å². The highest BCUT2D eigenvalue weighted by atomic mass is 127. The van der Waals surface area contributed by atoms with Crippen molar-refractivity contribution < 1.29 is 4.74 Å². The van der Waals surface area contributed by atoms with E-state index in [4.69, 9.17) is 4.74 Å². The van der Waals surface area contributed by atoms with E-state index in [0.29, 0.717) is 12.5 Å². The quantitative estimate of drug-likeness (QED) is 0.753. The molecular formula is C11H19IN2O. The van der Waals surface area contributed by atoms with Gasteiger partial charge in [0, 0.05) is 19.3 Å². The Hall–Kier alpha value is -0.100. The molecule has 0 unspecified atom stereocenters. The number of aromatic nitrogens is 2. The molecule has 0 radical (unpaired) electrons. The van der Waals surface area contributed by atoms with Crippen molar-refractivity contribution in [3.8, 4) is 0 Å². The topological polar surface area (TPSA) is 27.1 Å². The summed E-state index contributed by atoms with van der Waals surface area (Å²) in [5, 5.41) is 4.48. The number of ether oxygens (including phenoxy) is 1. The first-order valence-electron chi connectivity index (χ1n) is 5.43. The van der Waals surface area contributed by atoms with Crippen LogP contribution in [0.1, 0.15) is 32.9 Å². The summed E-state index contributed by atoms with van der Waals surface area (Å²) in [5.74, 6) is 0.584. The van der Waals surface area contributed by atoms with E-state index in [0.717, 1.165) is 25.3 Å². The Morgan fingerprint density at radius 2 is 2.27 bits per heavy atom. The van der Waals surface area contributed by atoms with Gasteiger partial charge < -0.3 is 4.74 Å². The molecule has 1 aromatic rings. The van der Waals surface area contributed by atoms with Gasteiger partial charge >= 0.3 is 0 Å². The molecule has 0 aliphatic rings. The maximum atomic E-state index is 5.57. The van der Waals surface area contributed by atoms with Gasteiger partial charge in [0.25, 0.3) is 0 Å². The zero-order chi connectivity index (χ0) is 11.3. The van der Waals surface area contributed by atoms with Crippen LogP contribution in [0.15, 0.2) is 6.20 Å². The van der Waals surface area contributed by atoms with Crippen molar-refractivity contribution in [3.63, 3.8) is 0 Å². The van der Waals surface area contributed by atoms with E-state index in [1.54, 1.807) is 0 Å². The molecule has 0 aliphatic carbocycles. The third-order valence-electron chi connectivity index (χ3n) is 1.93. The maximum Gasteiger partial charge on any atom is 0.101 e. The second kappa shape index (κ2) is 6.48. The van der Waals surface area contributed by atoms with E-state index >= 15 is 0 Å². The van der Waals surface area contributed by atoms with E-state index in [-0.39, 0.29) is 0 Å². The fraction of sp³-hybridized carbons (Fsp3) is 0.727. The predicted molar refractivity (Wildman–Crippen MR) is 69.7 cm³/mol. The number of hydrogen-bond donors (Lipinski definition) is 0. The zero-order valence-corrected chi connectivity index (χ0v) is 11.8. The molecule has 0 saturated heterocycles. The van der Waals surface area contributed by atoms with E-state index < -0.39 is 0 Å². The van der Waals surface area contributed by atoms with Crippen molar-refractivity contribution in [2.24, 2.45) is 5.92 Å². The van der Waals surface area contributed by atoms with Gasteiger partial charge in [-0.1, -0.05) is 20.8 Å². The minimum Gasteiger partial charge on any atom is -0.375 e. The lowest BCUT2D eigenvalue weighted by atomic mass is 10.2. The third-order valence-corrected chi connectivity index (χ3v) is 2.83. The number of aryl methyl sites for hydroxylation is 1. The molecule has 3 nitrogen and oxygen atoms in total. The minimum atomic E-state index is 0.584.